The summed E-state index contributed by atoms with van der Waals surface area (Å²) >= 11 is 1.73. The minimum atomic E-state index is 0.561. The van der Waals surface area contributed by atoms with Gasteiger partial charge in [-0.15, -0.1) is 11.8 Å². The van der Waals surface area contributed by atoms with Crippen molar-refractivity contribution in [2.24, 2.45) is 0 Å². The Morgan fingerprint density at radius 3 is 2.71 bits per heavy atom. The van der Waals surface area contributed by atoms with E-state index in [-0.39, 0.29) is 0 Å². The van der Waals surface area contributed by atoms with Crippen molar-refractivity contribution in [3.8, 4) is 11.4 Å². The first kappa shape index (κ1) is 14.4. The molecule has 1 aliphatic rings. The van der Waals surface area contributed by atoms with Gasteiger partial charge in [0.2, 0.25) is 11.7 Å². The van der Waals surface area contributed by atoms with E-state index in [0.717, 1.165) is 11.3 Å². The van der Waals surface area contributed by atoms with Crippen molar-refractivity contribution in [1.82, 2.24) is 10.1 Å². The highest BCUT2D eigenvalue weighted by atomic mass is 32.2. The van der Waals surface area contributed by atoms with Crippen molar-refractivity contribution in [3.05, 3.63) is 24.1 Å². The molecule has 0 amide bonds. The number of thioether (sulfide) groups is 1. The Labute approximate surface area is 129 Å². The minimum Gasteiger partial charge on any atom is -0.382 e. The second kappa shape index (κ2) is 6.52. The average molecular weight is 303 g/mol. The molecule has 5 heteroatoms. The van der Waals surface area contributed by atoms with Crippen LogP contribution in [-0.4, -0.2) is 22.4 Å². The van der Waals surface area contributed by atoms with Crippen LogP contribution in [-0.2, 0) is 0 Å². The Morgan fingerprint density at radius 2 is 2.05 bits per heavy atom. The second-order valence-corrected chi connectivity index (χ2v) is 6.41. The van der Waals surface area contributed by atoms with Gasteiger partial charge in [-0.3, -0.25) is 0 Å². The quantitative estimate of drug-likeness (QED) is 0.842. The normalized spacial score (nSPS) is 16.1. The van der Waals surface area contributed by atoms with Crippen LogP contribution in [0.5, 0.6) is 0 Å². The van der Waals surface area contributed by atoms with Gasteiger partial charge in [0.05, 0.1) is 0 Å². The van der Waals surface area contributed by atoms with E-state index in [0.29, 0.717) is 17.8 Å². The fourth-order valence-corrected chi connectivity index (χ4v) is 3.28. The molecular weight excluding hydrogens is 282 g/mol. The summed E-state index contributed by atoms with van der Waals surface area (Å²) in [6.45, 7) is 1.82. The lowest BCUT2D eigenvalue weighted by Gasteiger charge is -2.25. The van der Waals surface area contributed by atoms with Gasteiger partial charge >= 0.3 is 0 Å². The largest absolute Gasteiger partial charge is 0.382 e. The van der Waals surface area contributed by atoms with Crippen LogP contribution < -0.4 is 5.32 Å². The van der Waals surface area contributed by atoms with Gasteiger partial charge in [0.25, 0.3) is 0 Å². The first-order valence-electron chi connectivity index (χ1n) is 7.51. The Kier molecular flexibility index (Phi) is 4.48. The topological polar surface area (TPSA) is 51.0 Å². The summed E-state index contributed by atoms with van der Waals surface area (Å²) in [7, 11) is 0. The highest BCUT2D eigenvalue weighted by Crippen LogP contribution is 2.32. The Bertz CT molecular complexity index is 605. The third-order valence-corrected chi connectivity index (χ3v) is 4.69. The molecule has 4 nitrogen and oxygen atoms in total. The molecule has 1 N–H and O–H groups in total. The summed E-state index contributed by atoms with van der Waals surface area (Å²) in [4.78, 5) is 5.59. The number of nitrogens with zero attached hydrogens (tertiary/aromatic N) is 2. The van der Waals surface area contributed by atoms with E-state index in [9.17, 15) is 0 Å². The number of aromatic nitrogens is 2. The second-order valence-electron chi connectivity index (χ2n) is 5.53. The van der Waals surface area contributed by atoms with Gasteiger partial charge < -0.3 is 9.84 Å². The predicted octanol–water partition coefficient (Wildman–Crippen LogP) is 4.51. The summed E-state index contributed by atoms with van der Waals surface area (Å²) in [5.74, 6) is 1.27. The molecule has 1 aromatic heterocycles. The Hall–Kier alpha value is -1.49. The van der Waals surface area contributed by atoms with E-state index in [4.69, 9.17) is 4.52 Å². The molecule has 0 atom stereocenters. The molecule has 1 heterocycles. The predicted molar refractivity (Wildman–Crippen MR) is 86.7 cm³/mol. The van der Waals surface area contributed by atoms with E-state index < -0.39 is 0 Å². The summed E-state index contributed by atoms with van der Waals surface area (Å²) in [5, 5.41) is 7.76. The van der Waals surface area contributed by atoms with E-state index in [2.05, 4.69) is 39.9 Å². The SMILES string of the molecule is CSc1ccc(NC2CCCCC2)c(-c2noc(C)n2)c1. The van der Waals surface area contributed by atoms with Crippen LogP contribution in [0.1, 0.15) is 38.0 Å². The van der Waals surface area contributed by atoms with Crippen molar-refractivity contribution in [1.29, 1.82) is 0 Å². The highest BCUT2D eigenvalue weighted by molar-refractivity contribution is 7.98. The molecule has 0 aliphatic heterocycles. The zero-order chi connectivity index (χ0) is 14.7. The average Bonchev–Trinajstić information content (AvgIpc) is 2.95. The third kappa shape index (κ3) is 3.40. The molecule has 0 bridgehead atoms. The highest BCUT2D eigenvalue weighted by Gasteiger charge is 2.17. The molecule has 112 valence electrons. The smallest absolute Gasteiger partial charge is 0.223 e. The van der Waals surface area contributed by atoms with Gasteiger partial charge in [-0.2, -0.15) is 4.98 Å². The summed E-state index contributed by atoms with van der Waals surface area (Å²) in [5.41, 5.74) is 2.14. The molecule has 1 aromatic carbocycles. The minimum absolute atomic E-state index is 0.561. The maximum Gasteiger partial charge on any atom is 0.223 e. The number of anilines is 1. The lowest BCUT2D eigenvalue weighted by molar-refractivity contribution is 0.394. The maximum atomic E-state index is 5.14. The fraction of sp³-hybridized carbons (Fsp3) is 0.500. The molecule has 1 fully saturated rings. The fourth-order valence-electron chi connectivity index (χ4n) is 2.84. The van der Waals surface area contributed by atoms with Crippen LogP contribution in [0.2, 0.25) is 0 Å². The summed E-state index contributed by atoms with van der Waals surface area (Å²) < 4.78 is 5.14. The monoisotopic (exact) mass is 303 g/mol. The molecule has 0 radical (unpaired) electrons. The number of hydrogen-bond donors (Lipinski definition) is 1. The van der Waals surface area contributed by atoms with Crippen molar-refractivity contribution in [2.75, 3.05) is 11.6 Å². The molecule has 0 unspecified atom stereocenters. The van der Waals surface area contributed by atoms with Gasteiger partial charge in [-0.05, 0) is 37.3 Å². The zero-order valence-corrected chi connectivity index (χ0v) is 13.4. The van der Waals surface area contributed by atoms with Gasteiger partial charge in [0.15, 0.2) is 0 Å². The van der Waals surface area contributed by atoms with Crippen molar-refractivity contribution < 1.29 is 4.52 Å². The van der Waals surface area contributed by atoms with Crippen LogP contribution in [0.15, 0.2) is 27.6 Å². The molecular formula is C16H21N3OS. The lowest BCUT2D eigenvalue weighted by atomic mass is 9.95. The Morgan fingerprint density at radius 1 is 1.24 bits per heavy atom. The van der Waals surface area contributed by atoms with Crippen LogP contribution >= 0.6 is 11.8 Å². The maximum absolute atomic E-state index is 5.14. The standard InChI is InChI=1S/C16H21N3OS/c1-11-17-16(19-20-11)14-10-13(21-2)8-9-15(14)18-12-6-4-3-5-7-12/h8-10,12,18H,3-7H2,1-2H3. The first-order chi connectivity index (χ1) is 10.3. The van der Waals surface area contributed by atoms with Crippen LogP contribution in [0.4, 0.5) is 5.69 Å². The molecule has 0 spiro atoms. The first-order valence-corrected chi connectivity index (χ1v) is 8.74. The van der Waals surface area contributed by atoms with Crippen molar-refractivity contribution in [3.63, 3.8) is 0 Å². The molecule has 1 saturated carbocycles. The number of nitrogens with one attached hydrogen (secondary N) is 1. The molecule has 3 rings (SSSR count). The summed E-state index contributed by atoms with van der Waals surface area (Å²) in [6, 6.07) is 6.99. The molecule has 0 saturated heterocycles. The van der Waals surface area contributed by atoms with Crippen LogP contribution in [0.3, 0.4) is 0 Å². The Balaban J connectivity index is 1.91. The van der Waals surface area contributed by atoms with Gasteiger partial charge in [0, 0.05) is 29.1 Å². The van der Waals surface area contributed by atoms with Gasteiger partial charge in [0.1, 0.15) is 0 Å². The van der Waals surface area contributed by atoms with Gasteiger partial charge in [-0.1, -0.05) is 24.4 Å². The molecule has 21 heavy (non-hydrogen) atoms. The van der Waals surface area contributed by atoms with E-state index >= 15 is 0 Å². The van der Waals surface area contributed by atoms with Crippen LogP contribution in [0, 0.1) is 6.92 Å². The molecule has 1 aliphatic carbocycles. The van der Waals surface area contributed by atoms with E-state index in [1.165, 1.54) is 37.0 Å². The number of benzene rings is 1. The number of hydrogen-bond acceptors (Lipinski definition) is 5. The van der Waals surface area contributed by atoms with Crippen molar-refractivity contribution in [2.45, 2.75) is 50.0 Å². The number of rotatable bonds is 4. The number of aryl methyl sites for hydroxylation is 1. The van der Waals surface area contributed by atoms with Gasteiger partial charge in [-0.25, -0.2) is 0 Å². The summed E-state index contributed by atoms with van der Waals surface area (Å²) in [6.07, 6.45) is 8.56. The zero-order valence-electron chi connectivity index (χ0n) is 12.6. The van der Waals surface area contributed by atoms with Crippen LogP contribution in [0.25, 0.3) is 11.4 Å². The molecule has 2 aromatic rings. The third-order valence-electron chi connectivity index (χ3n) is 3.96. The lowest BCUT2D eigenvalue weighted by Crippen LogP contribution is -2.22. The van der Waals surface area contributed by atoms with E-state index in [1.54, 1.807) is 11.8 Å². The van der Waals surface area contributed by atoms with Crippen molar-refractivity contribution >= 4 is 17.4 Å². The van der Waals surface area contributed by atoms with E-state index in [1.807, 2.05) is 6.92 Å².